The number of hydrogen-bond acceptors (Lipinski definition) is 1. The minimum atomic E-state index is 1.10. The Labute approximate surface area is 322 Å². The Morgan fingerprint density at radius 1 is 0.236 bits per heavy atom. The molecule has 0 aliphatic rings. The van der Waals surface area contributed by atoms with E-state index in [2.05, 4.69) is 229 Å². The maximum atomic E-state index is 2.41. The first kappa shape index (κ1) is 32.4. The van der Waals surface area contributed by atoms with Crippen LogP contribution in [-0.2, 0) is 0 Å². The number of benzene rings is 10. The predicted octanol–water partition coefficient (Wildman–Crippen LogP) is 15.3. The molecule has 0 radical (unpaired) electrons. The highest BCUT2D eigenvalue weighted by Gasteiger charge is 2.20. The van der Waals surface area contributed by atoms with E-state index in [1.165, 1.54) is 76.8 Å². The minimum Gasteiger partial charge on any atom is -0.310 e. The second-order valence-electron chi connectivity index (χ2n) is 14.1. The molecular formula is C54H37N. The van der Waals surface area contributed by atoms with Gasteiger partial charge in [-0.1, -0.05) is 188 Å². The quantitative estimate of drug-likeness (QED) is 0.150. The minimum absolute atomic E-state index is 1.10. The molecule has 0 N–H and O–H groups in total. The van der Waals surface area contributed by atoms with E-state index < -0.39 is 0 Å². The smallest absolute Gasteiger partial charge is 0.0546 e. The van der Waals surface area contributed by atoms with E-state index in [-0.39, 0.29) is 0 Å². The van der Waals surface area contributed by atoms with Gasteiger partial charge in [-0.05, 0) is 108 Å². The van der Waals surface area contributed by atoms with E-state index in [0.29, 0.717) is 0 Å². The second kappa shape index (κ2) is 14.0. The van der Waals surface area contributed by atoms with Crippen LogP contribution in [0.2, 0.25) is 0 Å². The van der Waals surface area contributed by atoms with E-state index in [1.807, 2.05) is 0 Å². The van der Waals surface area contributed by atoms with Gasteiger partial charge in [-0.15, -0.1) is 0 Å². The molecule has 0 amide bonds. The summed E-state index contributed by atoms with van der Waals surface area (Å²) in [5.41, 5.74) is 12.9. The van der Waals surface area contributed by atoms with Crippen LogP contribution < -0.4 is 4.90 Å². The van der Waals surface area contributed by atoms with E-state index in [0.717, 1.165) is 17.1 Å². The molecule has 0 heterocycles. The summed E-state index contributed by atoms with van der Waals surface area (Å²) in [6.07, 6.45) is 0. The second-order valence-corrected chi connectivity index (χ2v) is 14.1. The van der Waals surface area contributed by atoms with Crippen molar-refractivity contribution in [3.63, 3.8) is 0 Å². The summed E-state index contributed by atoms with van der Waals surface area (Å²) in [4.78, 5) is 2.41. The molecule has 258 valence electrons. The molecule has 55 heavy (non-hydrogen) atoms. The van der Waals surface area contributed by atoms with Crippen LogP contribution in [0.1, 0.15) is 0 Å². The molecule has 0 saturated heterocycles. The van der Waals surface area contributed by atoms with Gasteiger partial charge in [0.05, 0.1) is 5.69 Å². The van der Waals surface area contributed by atoms with Crippen molar-refractivity contribution in [2.75, 3.05) is 4.90 Å². The third-order valence-electron chi connectivity index (χ3n) is 10.9. The van der Waals surface area contributed by atoms with Gasteiger partial charge in [0.25, 0.3) is 0 Å². The van der Waals surface area contributed by atoms with Crippen molar-refractivity contribution in [2.45, 2.75) is 0 Å². The van der Waals surface area contributed by atoms with Gasteiger partial charge >= 0.3 is 0 Å². The first-order chi connectivity index (χ1) is 27.3. The van der Waals surface area contributed by atoms with Crippen molar-refractivity contribution in [3.05, 3.63) is 224 Å². The van der Waals surface area contributed by atoms with Crippen molar-refractivity contribution < 1.29 is 0 Å². The van der Waals surface area contributed by atoms with E-state index >= 15 is 0 Å². The molecule has 10 aromatic carbocycles. The number of nitrogens with zero attached hydrogens (tertiary/aromatic N) is 1. The Hall–Kier alpha value is -7.22. The van der Waals surface area contributed by atoms with E-state index in [1.54, 1.807) is 0 Å². The van der Waals surface area contributed by atoms with Crippen LogP contribution >= 0.6 is 0 Å². The first-order valence-corrected chi connectivity index (χ1v) is 18.9. The molecule has 0 unspecified atom stereocenters. The average molecular weight is 700 g/mol. The molecule has 1 heteroatoms. The third-order valence-corrected chi connectivity index (χ3v) is 10.9. The van der Waals surface area contributed by atoms with Gasteiger partial charge in [0.1, 0.15) is 0 Å². The number of anilines is 3. The van der Waals surface area contributed by atoms with Crippen LogP contribution in [0.3, 0.4) is 0 Å². The standard InChI is InChI=1S/C54H37N/c1-3-14-41(15-4-1)50-35-32-44(53-36-43-17-8-10-22-49(43)51-23-11-12-24-52(51)53)37-54(50)55(45-19-5-2-6-20-45)46-33-30-39(31-34-46)38-26-28-42(29-27-38)48-25-13-18-40-16-7-9-21-47(40)48/h1-37H. The van der Waals surface area contributed by atoms with Crippen molar-refractivity contribution >= 4 is 49.4 Å². The molecule has 0 atom stereocenters. The third kappa shape index (κ3) is 6.02. The van der Waals surface area contributed by atoms with Crippen LogP contribution in [0, 0.1) is 0 Å². The molecule has 0 aliphatic carbocycles. The molecule has 10 aromatic rings. The van der Waals surface area contributed by atoms with Gasteiger partial charge in [0.15, 0.2) is 0 Å². The van der Waals surface area contributed by atoms with Gasteiger partial charge < -0.3 is 4.90 Å². The topological polar surface area (TPSA) is 3.24 Å². The Morgan fingerprint density at radius 2 is 0.745 bits per heavy atom. The average Bonchev–Trinajstić information content (AvgIpc) is 3.27. The lowest BCUT2D eigenvalue weighted by Gasteiger charge is -2.29. The summed E-state index contributed by atoms with van der Waals surface area (Å²) >= 11 is 0. The summed E-state index contributed by atoms with van der Waals surface area (Å²) in [6.45, 7) is 0. The first-order valence-electron chi connectivity index (χ1n) is 18.9. The Bertz CT molecular complexity index is 2940. The van der Waals surface area contributed by atoms with Gasteiger partial charge in [-0.25, -0.2) is 0 Å². The van der Waals surface area contributed by atoms with Crippen molar-refractivity contribution in [1.82, 2.24) is 0 Å². The monoisotopic (exact) mass is 699 g/mol. The Morgan fingerprint density at radius 3 is 1.49 bits per heavy atom. The van der Waals surface area contributed by atoms with Gasteiger partial charge in [-0.2, -0.15) is 0 Å². The van der Waals surface area contributed by atoms with Crippen LogP contribution in [0.4, 0.5) is 17.1 Å². The van der Waals surface area contributed by atoms with Crippen LogP contribution in [0.5, 0.6) is 0 Å². The predicted molar refractivity (Wildman–Crippen MR) is 235 cm³/mol. The molecule has 0 aromatic heterocycles. The van der Waals surface area contributed by atoms with Gasteiger partial charge in [0.2, 0.25) is 0 Å². The summed E-state index contributed by atoms with van der Waals surface area (Å²) in [6, 6.07) is 81.4. The number of rotatable bonds is 7. The molecule has 0 spiro atoms. The Kier molecular flexibility index (Phi) is 8.24. The summed E-state index contributed by atoms with van der Waals surface area (Å²) < 4.78 is 0. The zero-order valence-electron chi connectivity index (χ0n) is 30.3. The molecule has 10 rings (SSSR count). The number of fused-ring (bicyclic) bond motifs is 4. The largest absolute Gasteiger partial charge is 0.310 e. The number of para-hydroxylation sites is 1. The van der Waals surface area contributed by atoms with E-state index in [9.17, 15) is 0 Å². The highest BCUT2D eigenvalue weighted by atomic mass is 15.1. The molecule has 0 aliphatic heterocycles. The fraction of sp³-hybridized carbons (Fsp3) is 0. The fourth-order valence-electron chi connectivity index (χ4n) is 8.17. The summed E-state index contributed by atoms with van der Waals surface area (Å²) in [5, 5.41) is 7.57. The number of hydrogen-bond donors (Lipinski definition) is 0. The summed E-state index contributed by atoms with van der Waals surface area (Å²) in [7, 11) is 0. The van der Waals surface area contributed by atoms with Crippen molar-refractivity contribution in [2.24, 2.45) is 0 Å². The molecular weight excluding hydrogens is 663 g/mol. The highest BCUT2D eigenvalue weighted by Crippen LogP contribution is 2.45. The zero-order chi connectivity index (χ0) is 36.6. The SMILES string of the molecule is c1ccc(-c2ccc(-c3cc4ccccc4c4ccccc34)cc2N(c2ccccc2)c2ccc(-c3ccc(-c4cccc5ccccc45)cc3)cc2)cc1. The Balaban J connectivity index is 1.10. The molecule has 1 nitrogen and oxygen atoms in total. The maximum absolute atomic E-state index is 2.41. The highest BCUT2D eigenvalue weighted by molar-refractivity contribution is 6.14. The normalized spacial score (nSPS) is 11.3. The summed E-state index contributed by atoms with van der Waals surface area (Å²) in [5.74, 6) is 0. The van der Waals surface area contributed by atoms with Crippen LogP contribution in [-0.4, -0.2) is 0 Å². The van der Waals surface area contributed by atoms with Gasteiger partial charge in [-0.3, -0.25) is 0 Å². The van der Waals surface area contributed by atoms with Gasteiger partial charge in [0, 0.05) is 16.9 Å². The van der Waals surface area contributed by atoms with Crippen LogP contribution in [0.25, 0.3) is 76.8 Å². The fourth-order valence-corrected chi connectivity index (χ4v) is 8.17. The lowest BCUT2D eigenvalue weighted by Crippen LogP contribution is -2.11. The molecule has 0 bridgehead atoms. The van der Waals surface area contributed by atoms with Crippen molar-refractivity contribution in [1.29, 1.82) is 0 Å². The molecule has 0 saturated carbocycles. The van der Waals surface area contributed by atoms with Crippen LogP contribution in [0.15, 0.2) is 224 Å². The molecule has 0 fully saturated rings. The van der Waals surface area contributed by atoms with E-state index in [4.69, 9.17) is 0 Å². The lowest BCUT2D eigenvalue weighted by atomic mass is 9.91. The lowest BCUT2D eigenvalue weighted by molar-refractivity contribution is 1.28. The maximum Gasteiger partial charge on any atom is 0.0546 e. The zero-order valence-corrected chi connectivity index (χ0v) is 30.3. The van der Waals surface area contributed by atoms with Crippen molar-refractivity contribution in [3.8, 4) is 44.5 Å².